The van der Waals surface area contributed by atoms with Gasteiger partial charge in [-0.25, -0.2) is 13.4 Å². The smallest absolute Gasteiger partial charge is 0.230 e. The molecule has 2 aromatic carbocycles. The summed E-state index contributed by atoms with van der Waals surface area (Å²) in [7, 11) is -3.08. The second kappa shape index (κ2) is 9.67. The number of rotatable bonds is 9. The Morgan fingerprint density at radius 3 is 2.69 bits per heavy atom. The zero-order chi connectivity index (χ0) is 20.7. The number of benzene rings is 2. The van der Waals surface area contributed by atoms with Crippen LogP contribution in [0.2, 0.25) is 0 Å². The fourth-order valence-corrected chi connectivity index (χ4v) is 3.84. The molecule has 29 heavy (non-hydrogen) atoms. The van der Waals surface area contributed by atoms with Gasteiger partial charge in [-0.2, -0.15) is 0 Å². The lowest BCUT2D eigenvalue weighted by atomic mass is 10.2. The van der Waals surface area contributed by atoms with E-state index >= 15 is 0 Å². The third kappa shape index (κ3) is 7.32. The highest BCUT2D eigenvalue weighted by molar-refractivity contribution is 7.90. The summed E-state index contributed by atoms with van der Waals surface area (Å²) in [4.78, 5) is 16.9. The molecule has 152 valence electrons. The molecule has 8 heteroatoms. The molecule has 1 aromatic heterocycles. The summed E-state index contributed by atoms with van der Waals surface area (Å²) in [5.41, 5.74) is 2.51. The van der Waals surface area contributed by atoms with Gasteiger partial charge in [0.2, 0.25) is 5.91 Å². The molecule has 0 saturated carbocycles. The first-order chi connectivity index (χ1) is 13.9. The van der Waals surface area contributed by atoms with Crippen molar-refractivity contribution in [2.45, 2.75) is 12.8 Å². The highest BCUT2D eigenvalue weighted by Gasteiger charge is 2.10. The molecule has 3 aromatic rings. The quantitative estimate of drug-likeness (QED) is 0.563. The number of aromatic nitrogens is 1. The maximum Gasteiger partial charge on any atom is 0.230 e. The predicted octanol–water partition coefficient (Wildman–Crippen LogP) is 3.34. The molecule has 0 atom stereocenters. The lowest BCUT2D eigenvalue weighted by molar-refractivity contribution is -0.115. The van der Waals surface area contributed by atoms with E-state index in [4.69, 9.17) is 4.74 Å². The summed E-state index contributed by atoms with van der Waals surface area (Å²) >= 11 is 1.55. The SMILES string of the molecule is CS(=O)(=O)CCOc1cccc(NC(=O)Cc2csc(Cc3ccccc3)n2)c1. The molecule has 1 amide bonds. The molecule has 1 heterocycles. The number of anilines is 1. The van der Waals surface area contributed by atoms with Crippen molar-refractivity contribution < 1.29 is 17.9 Å². The molecule has 0 unspecified atom stereocenters. The van der Waals surface area contributed by atoms with E-state index < -0.39 is 9.84 Å². The van der Waals surface area contributed by atoms with Crippen LogP contribution in [0.4, 0.5) is 5.69 Å². The maximum absolute atomic E-state index is 12.3. The van der Waals surface area contributed by atoms with Crippen LogP contribution in [-0.2, 0) is 27.5 Å². The van der Waals surface area contributed by atoms with Crippen LogP contribution >= 0.6 is 11.3 Å². The third-order valence-electron chi connectivity index (χ3n) is 3.98. The molecule has 0 fully saturated rings. The topological polar surface area (TPSA) is 85.4 Å². The Bertz CT molecular complexity index is 1060. The molecule has 0 aliphatic carbocycles. The van der Waals surface area contributed by atoms with Crippen LogP contribution in [0.15, 0.2) is 60.0 Å². The summed E-state index contributed by atoms with van der Waals surface area (Å²) in [6.45, 7) is 0.0687. The average molecular weight is 431 g/mol. The lowest BCUT2D eigenvalue weighted by Gasteiger charge is -2.08. The van der Waals surface area contributed by atoms with Crippen molar-refractivity contribution in [3.05, 3.63) is 76.2 Å². The first kappa shape index (κ1) is 21.0. The number of ether oxygens (including phenoxy) is 1. The summed E-state index contributed by atoms with van der Waals surface area (Å²) in [6, 6.07) is 17.0. The number of hydrogen-bond acceptors (Lipinski definition) is 6. The van der Waals surface area contributed by atoms with Gasteiger partial charge in [-0.05, 0) is 17.7 Å². The predicted molar refractivity (Wildman–Crippen MR) is 115 cm³/mol. The number of nitrogens with one attached hydrogen (secondary N) is 1. The fourth-order valence-electron chi connectivity index (χ4n) is 2.63. The van der Waals surface area contributed by atoms with Crippen LogP contribution in [-0.4, -0.2) is 37.9 Å². The Hall–Kier alpha value is -2.71. The van der Waals surface area contributed by atoms with E-state index in [9.17, 15) is 13.2 Å². The fraction of sp³-hybridized carbons (Fsp3) is 0.238. The maximum atomic E-state index is 12.3. The van der Waals surface area contributed by atoms with Crippen LogP contribution in [0.1, 0.15) is 16.3 Å². The van der Waals surface area contributed by atoms with Gasteiger partial charge < -0.3 is 10.1 Å². The van der Waals surface area contributed by atoms with Crippen molar-refractivity contribution in [1.82, 2.24) is 4.98 Å². The van der Waals surface area contributed by atoms with Gasteiger partial charge in [0.1, 0.15) is 12.4 Å². The Kier molecular flexibility index (Phi) is 7.00. The van der Waals surface area contributed by atoms with E-state index in [1.165, 1.54) is 5.56 Å². The van der Waals surface area contributed by atoms with Crippen LogP contribution in [0.5, 0.6) is 5.75 Å². The van der Waals surface area contributed by atoms with Gasteiger partial charge in [0.05, 0.1) is 22.9 Å². The van der Waals surface area contributed by atoms with Crippen LogP contribution in [0.25, 0.3) is 0 Å². The van der Waals surface area contributed by atoms with E-state index in [0.29, 0.717) is 11.4 Å². The van der Waals surface area contributed by atoms with Crippen molar-refractivity contribution in [2.24, 2.45) is 0 Å². The van der Waals surface area contributed by atoms with Crippen molar-refractivity contribution in [3.8, 4) is 5.75 Å². The Balaban J connectivity index is 1.52. The number of hydrogen-bond donors (Lipinski definition) is 1. The number of thiazole rings is 1. The Morgan fingerprint density at radius 1 is 1.14 bits per heavy atom. The Morgan fingerprint density at radius 2 is 1.93 bits per heavy atom. The summed E-state index contributed by atoms with van der Waals surface area (Å²) in [6.07, 6.45) is 2.10. The largest absolute Gasteiger partial charge is 0.492 e. The molecule has 0 spiro atoms. The monoisotopic (exact) mass is 430 g/mol. The molecule has 3 rings (SSSR count). The van der Waals surface area contributed by atoms with E-state index in [1.807, 2.05) is 23.6 Å². The highest BCUT2D eigenvalue weighted by Crippen LogP contribution is 2.19. The minimum Gasteiger partial charge on any atom is -0.492 e. The second-order valence-corrected chi connectivity index (χ2v) is 9.83. The molecule has 6 nitrogen and oxygen atoms in total. The summed E-state index contributed by atoms with van der Waals surface area (Å²) in [5.74, 6) is 0.277. The molecular formula is C21H22N2O4S2. The summed E-state index contributed by atoms with van der Waals surface area (Å²) < 4.78 is 27.8. The molecule has 0 radical (unpaired) electrons. The number of carbonyl (C=O) groups excluding carboxylic acids is 1. The third-order valence-corrected chi connectivity index (χ3v) is 5.79. The number of amides is 1. The van der Waals surface area contributed by atoms with Crippen LogP contribution in [0, 0.1) is 0 Å². The van der Waals surface area contributed by atoms with Gasteiger partial charge in [-0.15, -0.1) is 11.3 Å². The standard InChI is InChI=1S/C21H22N2O4S2/c1-29(25,26)11-10-27-19-9-5-8-17(13-19)22-20(24)14-18-15-28-21(23-18)12-16-6-3-2-4-7-16/h2-9,13,15H,10-12,14H2,1H3,(H,22,24). The Labute approximate surface area is 174 Å². The second-order valence-electron chi connectivity index (χ2n) is 6.63. The number of sulfone groups is 1. The van der Waals surface area contributed by atoms with Crippen LogP contribution < -0.4 is 10.1 Å². The van der Waals surface area contributed by atoms with Crippen molar-refractivity contribution in [2.75, 3.05) is 23.9 Å². The molecule has 0 aliphatic rings. The normalized spacial score (nSPS) is 11.2. The summed E-state index contributed by atoms with van der Waals surface area (Å²) in [5, 5.41) is 5.70. The number of nitrogens with zero attached hydrogens (tertiary/aromatic N) is 1. The van der Waals surface area contributed by atoms with E-state index in [1.54, 1.807) is 35.6 Å². The van der Waals surface area contributed by atoms with Crippen LogP contribution in [0.3, 0.4) is 0 Å². The van der Waals surface area contributed by atoms with Crippen molar-refractivity contribution in [1.29, 1.82) is 0 Å². The van der Waals surface area contributed by atoms with E-state index in [0.717, 1.165) is 23.4 Å². The minimum absolute atomic E-state index is 0.0568. The molecule has 0 aliphatic heterocycles. The molecule has 0 bridgehead atoms. The molecule has 0 saturated heterocycles. The van der Waals surface area contributed by atoms with Gasteiger partial charge in [-0.3, -0.25) is 4.79 Å². The van der Waals surface area contributed by atoms with Gasteiger partial charge in [0.15, 0.2) is 9.84 Å². The van der Waals surface area contributed by atoms with Gasteiger partial charge >= 0.3 is 0 Å². The minimum atomic E-state index is -3.08. The average Bonchev–Trinajstić information content (AvgIpc) is 3.08. The van der Waals surface area contributed by atoms with Gasteiger partial charge in [0.25, 0.3) is 0 Å². The first-order valence-corrected chi connectivity index (χ1v) is 12.0. The molecular weight excluding hydrogens is 408 g/mol. The lowest BCUT2D eigenvalue weighted by Crippen LogP contribution is -2.15. The number of carbonyl (C=O) groups is 1. The van der Waals surface area contributed by atoms with Crippen molar-refractivity contribution >= 4 is 32.8 Å². The van der Waals surface area contributed by atoms with Gasteiger partial charge in [0, 0.05) is 29.8 Å². The van der Waals surface area contributed by atoms with E-state index in [-0.39, 0.29) is 24.7 Å². The highest BCUT2D eigenvalue weighted by atomic mass is 32.2. The van der Waals surface area contributed by atoms with E-state index in [2.05, 4.69) is 22.4 Å². The zero-order valence-corrected chi connectivity index (χ0v) is 17.6. The zero-order valence-electron chi connectivity index (χ0n) is 16.0. The molecule has 1 N–H and O–H groups in total. The van der Waals surface area contributed by atoms with Gasteiger partial charge in [-0.1, -0.05) is 36.4 Å². The first-order valence-electron chi connectivity index (χ1n) is 9.05. The van der Waals surface area contributed by atoms with Crippen molar-refractivity contribution in [3.63, 3.8) is 0 Å².